The van der Waals surface area contributed by atoms with Crippen molar-refractivity contribution in [1.82, 2.24) is 25.1 Å². The first-order chi connectivity index (χ1) is 20.4. The summed E-state index contributed by atoms with van der Waals surface area (Å²) in [6, 6.07) is 7.29. The van der Waals surface area contributed by atoms with Gasteiger partial charge in [-0.15, -0.1) is 0 Å². The molecule has 2 fully saturated rings. The standard InChI is InChI=1S/C24H32N8O4S.C2HF3O2/c1-23(2,3)32-21-18(11-26-32)20(25-10-9-16-5-7-17(8-6-16)30-37(4,34)35)27-22(28-21)31-13-24(14-31)15-36-12-19(33)29-24;3-2(4,5)1(6)7/h5-8,11,30H,9-10,12-15H2,1-4H3,(H,29,33)(H,25,27,28);(H,6,7). The van der Waals surface area contributed by atoms with E-state index in [1.54, 1.807) is 18.3 Å². The van der Waals surface area contributed by atoms with E-state index in [-0.39, 0.29) is 18.1 Å². The zero-order valence-corrected chi connectivity index (χ0v) is 25.2. The summed E-state index contributed by atoms with van der Waals surface area (Å²) < 4.78 is 64.4. The van der Waals surface area contributed by atoms with E-state index in [9.17, 15) is 26.4 Å². The summed E-state index contributed by atoms with van der Waals surface area (Å²) in [5, 5.41) is 19.0. The third-order valence-corrected chi connectivity index (χ3v) is 7.15. The van der Waals surface area contributed by atoms with Gasteiger partial charge in [0.15, 0.2) is 5.65 Å². The molecule has 14 nitrogen and oxygen atoms in total. The predicted octanol–water partition coefficient (Wildman–Crippen LogP) is 1.95. The van der Waals surface area contributed by atoms with Crippen molar-refractivity contribution in [3.63, 3.8) is 0 Å². The number of benzene rings is 1. The van der Waals surface area contributed by atoms with Gasteiger partial charge in [0, 0.05) is 25.3 Å². The van der Waals surface area contributed by atoms with Gasteiger partial charge in [-0.05, 0) is 44.9 Å². The Balaban J connectivity index is 0.000000566. The number of morpholine rings is 1. The van der Waals surface area contributed by atoms with E-state index >= 15 is 0 Å². The fourth-order valence-corrected chi connectivity index (χ4v) is 5.21. The van der Waals surface area contributed by atoms with Gasteiger partial charge in [-0.1, -0.05) is 12.1 Å². The lowest BCUT2D eigenvalue weighted by atomic mass is 9.90. The van der Waals surface area contributed by atoms with Crippen LogP contribution in [-0.2, 0) is 36.3 Å². The number of carbonyl (C=O) groups excluding carboxylic acids is 1. The number of sulfonamides is 1. The van der Waals surface area contributed by atoms with Gasteiger partial charge in [-0.3, -0.25) is 9.52 Å². The van der Waals surface area contributed by atoms with Crippen LogP contribution in [0.1, 0.15) is 26.3 Å². The highest BCUT2D eigenvalue weighted by molar-refractivity contribution is 7.92. The van der Waals surface area contributed by atoms with Crippen LogP contribution in [0.3, 0.4) is 0 Å². The average molecular weight is 643 g/mol. The van der Waals surface area contributed by atoms with Crippen molar-refractivity contribution in [1.29, 1.82) is 0 Å². The van der Waals surface area contributed by atoms with Gasteiger partial charge in [-0.2, -0.15) is 28.2 Å². The van der Waals surface area contributed by atoms with Crippen molar-refractivity contribution >= 4 is 50.4 Å². The maximum absolute atomic E-state index is 11.8. The number of rotatable bonds is 7. The van der Waals surface area contributed by atoms with Crippen molar-refractivity contribution in [2.45, 2.75) is 44.4 Å². The molecule has 1 spiro atoms. The molecule has 4 heterocycles. The number of alkyl halides is 3. The molecule has 3 aromatic rings. The Morgan fingerprint density at radius 2 is 1.80 bits per heavy atom. The summed E-state index contributed by atoms with van der Waals surface area (Å²) in [6.07, 6.45) is -1.46. The zero-order chi connectivity index (χ0) is 32.5. The highest BCUT2D eigenvalue weighted by Gasteiger charge is 2.48. The van der Waals surface area contributed by atoms with Gasteiger partial charge in [0.2, 0.25) is 21.9 Å². The summed E-state index contributed by atoms with van der Waals surface area (Å²) in [5.41, 5.74) is 1.65. The van der Waals surface area contributed by atoms with Crippen LogP contribution in [0.2, 0.25) is 0 Å². The van der Waals surface area contributed by atoms with Crippen molar-refractivity contribution in [3.8, 4) is 0 Å². The molecule has 1 amide bonds. The molecule has 0 aliphatic carbocycles. The van der Waals surface area contributed by atoms with Gasteiger partial charge < -0.3 is 25.4 Å². The summed E-state index contributed by atoms with van der Waals surface area (Å²) >= 11 is 0. The molecule has 1 aromatic carbocycles. The summed E-state index contributed by atoms with van der Waals surface area (Å²) in [4.78, 5) is 32.4. The smallest absolute Gasteiger partial charge is 0.475 e. The largest absolute Gasteiger partial charge is 0.490 e. The van der Waals surface area contributed by atoms with Crippen LogP contribution < -0.4 is 20.3 Å². The third-order valence-electron chi connectivity index (χ3n) is 6.54. The van der Waals surface area contributed by atoms with Gasteiger partial charge in [0.1, 0.15) is 12.4 Å². The Hall–Kier alpha value is -4.19. The molecule has 2 saturated heterocycles. The summed E-state index contributed by atoms with van der Waals surface area (Å²) in [7, 11) is -3.31. The molecule has 0 bridgehead atoms. The van der Waals surface area contributed by atoms with Gasteiger partial charge >= 0.3 is 12.1 Å². The van der Waals surface area contributed by atoms with Crippen LogP contribution in [0.15, 0.2) is 30.5 Å². The monoisotopic (exact) mass is 642 g/mol. The summed E-state index contributed by atoms with van der Waals surface area (Å²) in [6.45, 7) is 8.54. The number of halogens is 3. The van der Waals surface area contributed by atoms with E-state index in [0.717, 1.165) is 22.9 Å². The quantitative estimate of drug-likeness (QED) is 0.296. The zero-order valence-electron chi connectivity index (χ0n) is 24.4. The Bertz CT molecular complexity index is 1630. The molecule has 44 heavy (non-hydrogen) atoms. The average Bonchev–Trinajstić information content (AvgIpc) is 3.32. The number of anilines is 3. The molecular weight excluding hydrogens is 609 g/mol. The van der Waals surface area contributed by atoms with E-state index in [2.05, 4.69) is 41.2 Å². The fraction of sp³-hybridized carbons (Fsp3) is 0.500. The molecule has 2 aliphatic rings. The molecule has 18 heteroatoms. The first-order valence-corrected chi connectivity index (χ1v) is 15.3. The lowest BCUT2D eigenvalue weighted by molar-refractivity contribution is -0.192. The number of carbonyl (C=O) groups is 2. The Kier molecular flexibility index (Phi) is 8.97. The topological polar surface area (TPSA) is 181 Å². The fourth-order valence-electron chi connectivity index (χ4n) is 4.65. The van der Waals surface area contributed by atoms with Crippen molar-refractivity contribution < 1.29 is 41.0 Å². The Morgan fingerprint density at radius 3 is 2.34 bits per heavy atom. The van der Waals surface area contributed by atoms with Crippen LogP contribution in [0.5, 0.6) is 0 Å². The van der Waals surface area contributed by atoms with E-state index in [4.69, 9.17) is 24.6 Å². The first kappa shape index (κ1) is 32.7. The van der Waals surface area contributed by atoms with Crippen molar-refractivity contribution in [2.75, 3.05) is 54.0 Å². The Labute approximate surface area is 251 Å². The lowest BCUT2D eigenvalue weighted by Crippen LogP contribution is -2.75. The van der Waals surface area contributed by atoms with E-state index in [1.165, 1.54) is 0 Å². The lowest BCUT2D eigenvalue weighted by Gasteiger charge is -2.51. The minimum absolute atomic E-state index is 0.0972. The number of aromatic nitrogens is 4. The van der Waals surface area contributed by atoms with Crippen LogP contribution in [0, 0.1) is 0 Å². The molecule has 5 rings (SSSR count). The van der Waals surface area contributed by atoms with E-state index < -0.39 is 27.7 Å². The number of hydrogen-bond donors (Lipinski definition) is 4. The highest BCUT2D eigenvalue weighted by Crippen LogP contribution is 2.32. The second-order valence-corrected chi connectivity index (χ2v) is 13.3. The normalized spacial score (nSPS) is 16.5. The second-order valence-electron chi connectivity index (χ2n) is 11.6. The van der Waals surface area contributed by atoms with Crippen molar-refractivity contribution in [3.05, 3.63) is 36.0 Å². The maximum Gasteiger partial charge on any atom is 0.490 e. The van der Waals surface area contributed by atoms with Crippen LogP contribution >= 0.6 is 0 Å². The van der Waals surface area contributed by atoms with E-state index in [1.807, 2.05) is 21.7 Å². The van der Waals surface area contributed by atoms with E-state index in [0.29, 0.717) is 50.1 Å². The Morgan fingerprint density at radius 1 is 1.16 bits per heavy atom. The number of carboxylic acids is 1. The van der Waals surface area contributed by atoms with Gasteiger partial charge in [0.25, 0.3) is 0 Å². The number of fused-ring (bicyclic) bond motifs is 1. The summed E-state index contributed by atoms with van der Waals surface area (Å²) in [5.74, 6) is -1.60. The molecule has 0 unspecified atom stereocenters. The number of amides is 1. The third kappa shape index (κ3) is 8.04. The molecule has 240 valence electrons. The number of ether oxygens (including phenoxy) is 1. The SMILES string of the molecule is CC(C)(C)n1ncc2c(NCCc3ccc(NS(C)(=O)=O)cc3)nc(N3CC4(COCC(=O)N4)C3)nc21.O=C(O)C(F)(F)F. The molecule has 2 aromatic heterocycles. The molecule has 0 radical (unpaired) electrons. The minimum atomic E-state index is -5.08. The molecule has 0 atom stereocenters. The van der Waals surface area contributed by atoms with Gasteiger partial charge in [0.05, 0.1) is 35.5 Å². The minimum Gasteiger partial charge on any atom is -0.475 e. The van der Waals surface area contributed by atoms with Crippen molar-refractivity contribution in [2.24, 2.45) is 0 Å². The number of carboxylic acid groups (broad SMARTS) is 1. The molecule has 0 saturated carbocycles. The van der Waals surface area contributed by atoms with Gasteiger partial charge in [-0.25, -0.2) is 17.9 Å². The number of nitrogens with zero attached hydrogens (tertiary/aromatic N) is 5. The molecule has 4 N–H and O–H groups in total. The number of nitrogens with one attached hydrogen (secondary N) is 3. The first-order valence-electron chi connectivity index (χ1n) is 13.4. The van der Waals surface area contributed by atoms with Crippen LogP contribution in [0.25, 0.3) is 11.0 Å². The molecular formula is C26H33F3N8O6S. The second kappa shape index (κ2) is 12.1. The highest BCUT2D eigenvalue weighted by atomic mass is 32.2. The molecule has 2 aliphatic heterocycles. The predicted molar refractivity (Wildman–Crippen MR) is 155 cm³/mol. The number of hydrogen-bond acceptors (Lipinski definition) is 10. The maximum atomic E-state index is 11.8. The van der Waals surface area contributed by atoms with Crippen LogP contribution in [-0.4, -0.2) is 96.0 Å². The number of aliphatic carboxylic acids is 1. The van der Waals surface area contributed by atoms with Crippen LogP contribution in [0.4, 0.5) is 30.6 Å².